The first-order valence-electron chi connectivity index (χ1n) is 8.07. The number of rotatable bonds is 3. The molecule has 2 amide bonds. The van der Waals surface area contributed by atoms with Crippen molar-refractivity contribution < 1.29 is 23.1 Å². The lowest BCUT2D eigenvalue weighted by Crippen LogP contribution is -2.56. The first-order valence-corrected chi connectivity index (χ1v) is 8.07. The zero-order valence-electron chi connectivity index (χ0n) is 13.9. The molecule has 0 spiro atoms. The molecular weight excluding hydrogens is 321 g/mol. The van der Waals surface area contributed by atoms with Crippen LogP contribution < -0.4 is 5.32 Å². The fraction of sp³-hybridized carbons (Fsp3) is 0.588. The smallest absolute Gasteiger partial charge is 0.380 e. The van der Waals surface area contributed by atoms with Crippen molar-refractivity contribution >= 4 is 6.03 Å². The van der Waals surface area contributed by atoms with Gasteiger partial charge in [0.05, 0.1) is 6.04 Å². The van der Waals surface area contributed by atoms with Crippen LogP contribution in [-0.4, -0.2) is 40.9 Å². The highest BCUT2D eigenvalue weighted by Crippen LogP contribution is 2.38. The molecule has 1 aromatic rings. The molecule has 0 aromatic heterocycles. The lowest BCUT2D eigenvalue weighted by Gasteiger charge is -2.39. The van der Waals surface area contributed by atoms with Crippen molar-refractivity contribution in [1.29, 1.82) is 0 Å². The second kappa shape index (κ2) is 7.01. The molecule has 4 nitrogen and oxygen atoms in total. The zero-order chi connectivity index (χ0) is 18.0. The summed E-state index contributed by atoms with van der Waals surface area (Å²) in [4.78, 5) is 13.7. The van der Waals surface area contributed by atoms with Crippen LogP contribution in [0.25, 0.3) is 0 Å². The van der Waals surface area contributed by atoms with Gasteiger partial charge in [-0.05, 0) is 18.9 Å². The number of piperidine rings is 1. The molecule has 2 rings (SSSR count). The molecule has 1 heterocycles. The SMILES string of the molecule is CCC(NC(=O)N1CCC(O)(C(F)(F)F)CC1)c1ccc(C)cc1. The number of carbonyl (C=O) groups is 1. The Balaban J connectivity index is 1.96. The van der Waals surface area contributed by atoms with Gasteiger partial charge >= 0.3 is 12.2 Å². The van der Waals surface area contributed by atoms with E-state index in [0.717, 1.165) is 11.1 Å². The monoisotopic (exact) mass is 344 g/mol. The number of alkyl halides is 3. The second-order valence-corrected chi connectivity index (χ2v) is 6.34. The molecule has 0 aliphatic carbocycles. The first kappa shape index (κ1) is 18.6. The molecule has 7 heteroatoms. The standard InChI is InChI=1S/C17H23F3N2O2/c1-3-14(13-6-4-12(2)5-7-13)21-15(23)22-10-8-16(24,9-11-22)17(18,19)20/h4-7,14,24H,3,8-11H2,1-2H3,(H,21,23). The molecule has 1 aliphatic rings. The molecule has 0 radical (unpaired) electrons. The molecule has 1 aliphatic heterocycles. The largest absolute Gasteiger partial charge is 0.417 e. The fourth-order valence-electron chi connectivity index (χ4n) is 2.82. The Bertz CT molecular complexity index is 564. The summed E-state index contributed by atoms with van der Waals surface area (Å²) in [7, 11) is 0. The fourth-order valence-corrected chi connectivity index (χ4v) is 2.82. The van der Waals surface area contributed by atoms with Crippen LogP contribution in [0.2, 0.25) is 0 Å². The molecule has 1 aromatic carbocycles. The predicted molar refractivity (Wildman–Crippen MR) is 84.6 cm³/mol. The number of urea groups is 1. The van der Waals surface area contributed by atoms with Crippen LogP contribution in [0.4, 0.5) is 18.0 Å². The van der Waals surface area contributed by atoms with E-state index in [1.54, 1.807) is 0 Å². The maximum Gasteiger partial charge on any atom is 0.417 e. The highest BCUT2D eigenvalue weighted by molar-refractivity contribution is 5.74. The van der Waals surface area contributed by atoms with E-state index in [2.05, 4.69) is 5.32 Å². The van der Waals surface area contributed by atoms with Crippen molar-refractivity contribution in [3.05, 3.63) is 35.4 Å². The zero-order valence-corrected chi connectivity index (χ0v) is 13.9. The number of halogens is 3. The second-order valence-electron chi connectivity index (χ2n) is 6.34. The van der Waals surface area contributed by atoms with Crippen molar-refractivity contribution in [3.8, 4) is 0 Å². The minimum atomic E-state index is -4.66. The van der Waals surface area contributed by atoms with E-state index in [1.165, 1.54) is 4.90 Å². The van der Waals surface area contributed by atoms with E-state index in [4.69, 9.17) is 0 Å². The Kier molecular flexibility index (Phi) is 5.42. The lowest BCUT2D eigenvalue weighted by atomic mass is 9.91. The van der Waals surface area contributed by atoms with Crippen LogP contribution in [0.1, 0.15) is 43.4 Å². The molecular formula is C17H23F3N2O2. The molecule has 0 saturated carbocycles. The van der Waals surface area contributed by atoms with E-state index in [1.807, 2.05) is 38.1 Å². The van der Waals surface area contributed by atoms with Gasteiger partial charge in [0.25, 0.3) is 0 Å². The van der Waals surface area contributed by atoms with Gasteiger partial charge in [0.1, 0.15) is 0 Å². The molecule has 2 N–H and O–H groups in total. The van der Waals surface area contributed by atoms with Gasteiger partial charge in [0.15, 0.2) is 5.60 Å². The minimum absolute atomic E-state index is 0.119. The minimum Gasteiger partial charge on any atom is -0.380 e. The number of nitrogens with zero attached hydrogens (tertiary/aromatic N) is 1. The number of aryl methyl sites for hydroxylation is 1. The average molecular weight is 344 g/mol. The number of aliphatic hydroxyl groups is 1. The Labute approximate surface area is 139 Å². The molecule has 24 heavy (non-hydrogen) atoms. The molecule has 1 saturated heterocycles. The van der Waals surface area contributed by atoms with Gasteiger partial charge in [-0.15, -0.1) is 0 Å². The van der Waals surface area contributed by atoms with Gasteiger partial charge in [-0.3, -0.25) is 0 Å². The van der Waals surface area contributed by atoms with Gasteiger partial charge in [-0.2, -0.15) is 13.2 Å². The summed E-state index contributed by atoms with van der Waals surface area (Å²) < 4.78 is 38.4. The van der Waals surface area contributed by atoms with Crippen LogP contribution in [0.3, 0.4) is 0 Å². The molecule has 0 bridgehead atoms. The summed E-state index contributed by atoms with van der Waals surface area (Å²) in [6.07, 6.45) is -4.98. The van der Waals surface area contributed by atoms with Crippen LogP contribution >= 0.6 is 0 Å². The van der Waals surface area contributed by atoms with Gasteiger partial charge in [0.2, 0.25) is 0 Å². The number of carbonyl (C=O) groups excluding carboxylic acids is 1. The van der Waals surface area contributed by atoms with Gasteiger partial charge in [0, 0.05) is 25.9 Å². The molecule has 1 unspecified atom stereocenters. The quantitative estimate of drug-likeness (QED) is 0.881. The van der Waals surface area contributed by atoms with Gasteiger partial charge < -0.3 is 15.3 Å². The average Bonchev–Trinajstić information content (AvgIpc) is 2.53. The number of nitrogens with one attached hydrogen (secondary N) is 1. The predicted octanol–water partition coefficient (Wildman–Crippen LogP) is 3.54. The number of hydrogen-bond acceptors (Lipinski definition) is 2. The van der Waals surface area contributed by atoms with Gasteiger partial charge in [-0.25, -0.2) is 4.79 Å². The number of amides is 2. The summed E-state index contributed by atoms with van der Waals surface area (Å²) in [5, 5.41) is 12.5. The summed E-state index contributed by atoms with van der Waals surface area (Å²) in [6.45, 7) is 3.67. The summed E-state index contributed by atoms with van der Waals surface area (Å²) in [5.74, 6) is 0. The number of benzene rings is 1. The normalized spacial score (nSPS) is 19.0. The third-order valence-electron chi connectivity index (χ3n) is 4.59. The first-order chi connectivity index (χ1) is 11.2. The van der Waals surface area contributed by atoms with Crippen LogP contribution in [0.5, 0.6) is 0 Å². The van der Waals surface area contributed by atoms with E-state index in [-0.39, 0.29) is 19.1 Å². The van der Waals surface area contributed by atoms with Gasteiger partial charge in [-0.1, -0.05) is 36.8 Å². The Morgan fingerprint density at radius 1 is 1.29 bits per heavy atom. The van der Waals surface area contributed by atoms with Crippen molar-refractivity contribution in [2.45, 2.75) is 50.9 Å². The third-order valence-corrected chi connectivity index (χ3v) is 4.59. The Morgan fingerprint density at radius 2 is 1.83 bits per heavy atom. The Morgan fingerprint density at radius 3 is 2.29 bits per heavy atom. The summed E-state index contributed by atoms with van der Waals surface area (Å²) in [6, 6.07) is 7.18. The maximum absolute atomic E-state index is 12.8. The van der Waals surface area contributed by atoms with Crippen LogP contribution in [0.15, 0.2) is 24.3 Å². The van der Waals surface area contributed by atoms with Crippen LogP contribution in [-0.2, 0) is 0 Å². The van der Waals surface area contributed by atoms with Crippen molar-refractivity contribution in [2.75, 3.05) is 13.1 Å². The van der Waals surface area contributed by atoms with E-state index < -0.39 is 30.7 Å². The van der Waals surface area contributed by atoms with Crippen molar-refractivity contribution in [2.24, 2.45) is 0 Å². The number of likely N-dealkylation sites (tertiary alicyclic amines) is 1. The topological polar surface area (TPSA) is 52.6 Å². The molecule has 1 atom stereocenters. The third kappa shape index (κ3) is 4.01. The van der Waals surface area contributed by atoms with Crippen molar-refractivity contribution in [1.82, 2.24) is 10.2 Å². The van der Waals surface area contributed by atoms with Crippen molar-refractivity contribution in [3.63, 3.8) is 0 Å². The van der Waals surface area contributed by atoms with E-state index in [9.17, 15) is 23.1 Å². The highest BCUT2D eigenvalue weighted by Gasteiger charge is 2.54. The molecule has 1 fully saturated rings. The summed E-state index contributed by atoms with van der Waals surface area (Å²) >= 11 is 0. The Hall–Kier alpha value is -1.76. The summed E-state index contributed by atoms with van der Waals surface area (Å²) in [5.41, 5.74) is -0.618. The van der Waals surface area contributed by atoms with E-state index in [0.29, 0.717) is 6.42 Å². The highest BCUT2D eigenvalue weighted by atomic mass is 19.4. The molecule has 134 valence electrons. The maximum atomic E-state index is 12.8. The van der Waals surface area contributed by atoms with Crippen LogP contribution in [0, 0.1) is 6.92 Å². The van der Waals surface area contributed by atoms with E-state index >= 15 is 0 Å². The number of hydrogen-bond donors (Lipinski definition) is 2. The lowest BCUT2D eigenvalue weighted by molar-refractivity contribution is -0.271.